The topological polar surface area (TPSA) is 90.9 Å². The summed E-state index contributed by atoms with van der Waals surface area (Å²) in [5, 5.41) is 13.3. The van der Waals surface area contributed by atoms with Gasteiger partial charge in [-0.05, 0) is 36.4 Å². The molecule has 1 amide bonds. The van der Waals surface area contributed by atoms with Gasteiger partial charge in [-0.2, -0.15) is 10.4 Å². The summed E-state index contributed by atoms with van der Waals surface area (Å²) in [5.74, 6) is 0.686. The van der Waals surface area contributed by atoms with E-state index in [0.29, 0.717) is 43.1 Å². The van der Waals surface area contributed by atoms with Gasteiger partial charge in [-0.1, -0.05) is 0 Å². The molecule has 3 heterocycles. The lowest BCUT2D eigenvalue weighted by atomic mass is 10.1. The highest BCUT2D eigenvalue weighted by Crippen LogP contribution is 2.19. The highest BCUT2D eigenvalue weighted by molar-refractivity contribution is 5.94. The zero-order valence-electron chi connectivity index (χ0n) is 14.6. The number of amides is 1. The van der Waals surface area contributed by atoms with Crippen LogP contribution in [-0.2, 0) is 0 Å². The summed E-state index contributed by atoms with van der Waals surface area (Å²) in [5.41, 5.74) is 2.05. The van der Waals surface area contributed by atoms with E-state index in [-0.39, 0.29) is 5.91 Å². The number of nitrogens with zero attached hydrogens (tertiary/aromatic N) is 7. The first-order chi connectivity index (χ1) is 13.3. The second kappa shape index (κ2) is 7.25. The zero-order chi connectivity index (χ0) is 18.6. The second-order valence-corrected chi connectivity index (χ2v) is 6.15. The van der Waals surface area contributed by atoms with E-state index in [1.165, 1.54) is 6.33 Å². The van der Waals surface area contributed by atoms with Gasteiger partial charge in [0.2, 0.25) is 0 Å². The van der Waals surface area contributed by atoms with Gasteiger partial charge in [0.15, 0.2) is 0 Å². The van der Waals surface area contributed by atoms with E-state index in [2.05, 4.69) is 26.0 Å². The molecule has 3 aromatic rings. The van der Waals surface area contributed by atoms with E-state index in [1.807, 2.05) is 17.0 Å². The molecule has 0 aliphatic carbocycles. The minimum atomic E-state index is 0.00122. The maximum Gasteiger partial charge on any atom is 0.253 e. The summed E-state index contributed by atoms with van der Waals surface area (Å²) in [7, 11) is 0. The number of hydrogen-bond acceptors (Lipinski definition) is 6. The molecule has 4 rings (SSSR count). The van der Waals surface area contributed by atoms with Crippen molar-refractivity contribution in [3.05, 3.63) is 66.4 Å². The molecule has 0 bridgehead atoms. The van der Waals surface area contributed by atoms with Gasteiger partial charge in [0, 0.05) is 37.9 Å². The van der Waals surface area contributed by atoms with Crippen LogP contribution in [0.15, 0.2) is 55.2 Å². The minimum absolute atomic E-state index is 0.00122. The molecule has 27 heavy (non-hydrogen) atoms. The third-order valence-corrected chi connectivity index (χ3v) is 4.57. The van der Waals surface area contributed by atoms with Gasteiger partial charge < -0.3 is 9.80 Å². The quantitative estimate of drug-likeness (QED) is 0.704. The number of hydrogen-bond donors (Lipinski definition) is 0. The molecule has 1 saturated heterocycles. The summed E-state index contributed by atoms with van der Waals surface area (Å²) in [6.45, 7) is 2.47. The van der Waals surface area contributed by atoms with Gasteiger partial charge in [-0.3, -0.25) is 4.79 Å². The molecule has 1 aliphatic rings. The van der Waals surface area contributed by atoms with Gasteiger partial charge in [-0.25, -0.2) is 14.6 Å². The lowest BCUT2D eigenvalue weighted by molar-refractivity contribution is 0.0746. The summed E-state index contributed by atoms with van der Waals surface area (Å²) in [6, 6.07) is 13.0. The fraction of sp³-hybridized carbons (Fsp3) is 0.211. The Morgan fingerprint density at radius 2 is 1.85 bits per heavy atom. The fourth-order valence-electron chi connectivity index (χ4n) is 3.14. The fourth-order valence-corrected chi connectivity index (χ4v) is 3.14. The number of benzene rings is 1. The SMILES string of the molecule is N#Cc1cccnc1N1CCN(C(=O)c2ccc(-n3cncn3)cc2)CC1. The van der Waals surface area contributed by atoms with Crippen molar-refractivity contribution >= 4 is 11.7 Å². The third-order valence-electron chi connectivity index (χ3n) is 4.57. The number of carbonyl (C=O) groups is 1. The van der Waals surface area contributed by atoms with Gasteiger partial charge in [-0.15, -0.1) is 0 Å². The molecule has 0 N–H and O–H groups in total. The Bertz CT molecular complexity index is 968. The normalized spacial score (nSPS) is 14.0. The average Bonchev–Trinajstić information content (AvgIpc) is 3.28. The Balaban J connectivity index is 1.42. The third kappa shape index (κ3) is 3.35. The van der Waals surface area contributed by atoms with Crippen molar-refractivity contribution in [2.75, 3.05) is 31.1 Å². The molecule has 2 aromatic heterocycles. The number of anilines is 1. The summed E-state index contributed by atoms with van der Waals surface area (Å²) in [4.78, 5) is 24.9. The summed E-state index contributed by atoms with van der Waals surface area (Å²) >= 11 is 0. The molecule has 1 aliphatic heterocycles. The number of carbonyl (C=O) groups excluding carboxylic acids is 1. The molecular formula is C19H17N7O. The molecule has 0 saturated carbocycles. The van der Waals surface area contributed by atoms with Crippen molar-refractivity contribution in [1.82, 2.24) is 24.6 Å². The van der Waals surface area contributed by atoms with Crippen molar-refractivity contribution < 1.29 is 4.79 Å². The lowest BCUT2D eigenvalue weighted by Gasteiger charge is -2.35. The summed E-state index contributed by atoms with van der Waals surface area (Å²) in [6.07, 6.45) is 4.77. The number of rotatable bonds is 3. The molecule has 1 fully saturated rings. The lowest BCUT2D eigenvalue weighted by Crippen LogP contribution is -2.49. The molecule has 8 heteroatoms. The maximum absolute atomic E-state index is 12.8. The van der Waals surface area contributed by atoms with Crippen LogP contribution in [0.5, 0.6) is 0 Å². The Hall–Kier alpha value is -3.73. The maximum atomic E-state index is 12.8. The molecular weight excluding hydrogens is 342 g/mol. The molecule has 0 unspecified atom stereocenters. The Kier molecular flexibility index (Phi) is 4.49. The molecule has 134 valence electrons. The summed E-state index contributed by atoms with van der Waals surface area (Å²) < 4.78 is 1.65. The smallest absolute Gasteiger partial charge is 0.253 e. The number of pyridine rings is 1. The Morgan fingerprint density at radius 1 is 1.07 bits per heavy atom. The van der Waals surface area contributed by atoms with E-state index >= 15 is 0 Å². The standard InChI is InChI=1S/C19H17N7O/c20-12-16-2-1-7-22-18(16)24-8-10-25(11-9-24)19(27)15-3-5-17(6-4-15)26-14-21-13-23-26/h1-7,13-14H,8-11H2. The van der Waals surface area contributed by atoms with Crippen LogP contribution < -0.4 is 4.90 Å². The Labute approximate surface area is 156 Å². The van der Waals surface area contributed by atoms with E-state index in [1.54, 1.807) is 41.5 Å². The van der Waals surface area contributed by atoms with Crippen molar-refractivity contribution in [3.8, 4) is 11.8 Å². The highest BCUT2D eigenvalue weighted by Gasteiger charge is 2.24. The van der Waals surface area contributed by atoms with E-state index in [4.69, 9.17) is 0 Å². The van der Waals surface area contributed by atoms with Crippen molar-refractivity contribution in [2.24, 2.45) is 0 Å². The van der Waals surface area contributed by atoms with Crippen LogP contribution in [0.3, 0.4) is 0 Å². The number of nitriles is 1. The predicted molar refractivity (Wildman–Crippen MR) is 98.4 cm³/mol. The van der Waals surface area contributed by atoms with Gasteiger partial charge >= 0.3 is 0 Å². The highest BCUT2D eigenvalue weighted by atomic mass is 16.2. The molecule has 0 spiro atoms. The van der Waals surface area contributed by atoms with Gasteiger partial charge in [0.05, 0.1) is 11.3 Å². The van der Waals surface area contributed by atoms with Crippen molar-refractivity contribution in [3.63, 3.8) is 0 Å². The Morgan fingerprint density at radius 3 is 2.52 bits per heavy atom. The molecule has 0 atom stereocenters. The average molecular weight is 359 g/mol. The van der Waals surface area contributed by atoms with E-state index < -0.39 is 0 Å². The van der Waals surface area contributed by atoms with E-state index in [0.717, 1.165) is 5.69 Å². The van der Waals surface area contributed by atoms with Crippen LogP contribution in [-0.4, -0.2) is 56.7 Å². The molecule has 0 radical (unpaired) electrons. The first-order valence-corrected chi connectivity index (χ1v) is 8.60. The van der Waals surface area contributed by atoms with Crippen molar-refractivity contribution in [2.45, 2.75) is 0 Å². The number of aromatic nitrogens is 4. The van der Waals surface area contributed by atoms with Crippen LogP contribution >= 0.6 is 0 Å². The van der Waals surface area contributed by atoms with Crippen LogP contribution in [0.1, 0.15) is 15.9 Å². The van der Waals surface area contributed by atoms with Gasteiger partial charge in [0.25, 0.3) is 5.91 Å². The predicted octanol–water partition coefficient (Wildman–Crippen LogP) is 1.50. The van der Waals surface area contributed by atoms with Crippen LogP contribution in [0.4, 0.5) is 5.82 Å². The van der Waals surface area contributed by atoms with Crippen molar-refractivity contribution in [1.29, 1.82) is 5.26 Å². The van der Waals surface area contributed by atoms with Crippen LogP contribution in [0, 0.1) is 11.3 Å². The van der Waals surface area contributed by atoms with Gasteiger partial charge in [0.1, 0.15) is 24.5 Å². The molecule has 1 aromatic carbocycles. The van der Waals surface area contributed by atoms with Crippen LogP contribution in [0.25, 0.3) is 5.69 Å². The first-order valence-electron chi connectivity index (χ1n) is 8.60. The number of piperazine rings is 1. The monoisotopic (exact) mass is 359 g/mol. The first kappa shape index (κ1) is 16.7. The van der Waals surface area contributed by atoms with E-state index in [9.17, 15) is 10.1 Å². The zero-order valence-corrected chi connectivity index (χ0v) is 14.6. The molecule has 8 nitrogen and oxygen atoms in total. The minimum Gasteiger partial charge on any atom is -0.352 e. The van der Waals surface area contributed by atoms with Crippen LogP contribution in [0.2, 0.25) is 0 Å². The second-order valence-electron chi connectivity index (χ2n) is 6.15. The largest absolute Gasteiger partial charge is 0.352 e.